The number of aromatic nitrogens is 1. The largest absolute Gasteiger partial charge is 0.473 e. The zero-order chi connectivity index (χ0) is 17.7. The number of alkyl carbamates (subject to hydrolysis) is 1. The smallest absolute Gasteiger partial charge is 0.407 e. The first-order valence-electron chi connectivity index (χ1n) is 7.91. The van der Waals surface area contributed by atoms with Crippen molar-refractivity contribution in [2.75, 3.05) is 13.2 Å². The molecule has 2 aromatic rings. The second kappa shape index (κ2) is 7.70. The first-order chi connectivity index (χ1) is 11.3. The van der Waals surface area contributed by atoms with Gasteiger partial charge in [-0.3, -0.25) is 0 Å². The zero-order valence-corrected chi connectivity index (χ0v) is 15.5. The first-order valence-corrected chi connectivity index (χ1v) is 8.79. The Hall–Kier alpha value is -2.02. The molecule has 0 radical (unpaired) electrons. The summed E-state index contributed by atoms with van der Waals surface area (Å²) in [6.07, 6.45) is -0.463. The summed E-state index contributed by atoms with van der Waals surface area (Å²) in [6, 6.07) is 3.96. The Labute approximate surface area is 146 Å². The van der Waals surface area contributed by atoms with Gasteiger partial charge in [-0.2, -0.15) is 0 Å². The summed E-state index contributed by atoms with van der Waals surface area (Å²) >= 11 is 1.60. The van der Waals surface area contributed by atoms with Crippen molar-refractivity contribution in [2.45, 2.75) is 46.1 Å². The minimum absolute atomic E-state index is 0.210. The number of rotatable bonds is 6. The molecule has 0 aliphatic heterocycles. The summed E-state index contributed by atoms with van der Waals surface area (Å²) in [5.74, 6) is 1.43. The van der Waals surface area contributed by atoms with Crippen LogP contribution in [0.4, 0.5) is 4.79 Å². The number of carbonyl (C=O) groups excluding carboxylic acids is 1. The van der Waals surface area contributed by atoms with Gasteiger partial charge >= 0.3 is 6.09 Å². The van der Waals surface area contributed by atoms with Crippen LogP contribution in [0.25, 0.3) is 10.6 Å². The number of amides is 1. The standard InChI is InChI=1S/C17H24N2O4S/c1-11(2)13-14(12-7-6-10-24-12)23-19-15(13)21-9-8-18-16(20)22-17(3,4)5/h6-7,10-11H,8-9H2,1-5H3,(H,18,20). The third-order valence-corrected chi connectivity index (χ3v) is 3.89. The van der Waals surface area contributed by atoms with Gasteiger partial charge < -0.3 is 19.3 Å². The summed E-state index contributed by atoms with van der Waals surface area (Å²) in [5.41, 5.74) is 0.423. The molecule has 0 aliphatic carbocycles. The van der Waals surface area contributed by atoms with E-state index in [1.54, 1.807) is 11.3 Å². The molecule has 1 N–H and O–H groups in total. The van der Waals surface area contributed by atoms with Crippen molar-refractivity contribution in [1.82, 2.24) is 10.5 Å². The van der Waals surface area contributed by atoms with Gasteiger partial charge in [0.25, 0.3) is 5.88 Å². The van der Waals surface area contributed by atoms with E-state index in [0.717, 1.165) is 16.2 Å². The van der Waals surface area contributed by atoms with Gasteiger partial charge in [-0.15, -0.1) is 11.3 Å². The molecular weight excluding hydrogens is 328 g/mol. The van der Waals surface area contributed by atoms with E-state index in [2.05, 4.69) is 24.3 Å². The number of thiophene rings is 1. The van der Waals surface area contributed by atoms with Gasteiger partial charge in [0.1, 0.15) is 12.2 Å². The normalized spacial score (nSPS) is 11.6. The molecule has 6 nitrogen and oxygen atoms in total. The lowest BCUT2D eigenvalue weighted by molar-refractivity contribution is 0.0519. The number of nitrogens with one attached hydrogen (secondary N) is 1. The van der Waals surface area contributed by atoms with Crippen molar-refractivity contribution >= 4 is 17.4 Å². The molecule has 24 heavy (non-hydrogen) atoms. The maximum absolute atomic E-state index is 11.6. The number of nitrogens with zero attached hydrogens (tertiary/aromatic N) is 1. The van der Waals surface area contributed by atoms with Crippen LogP contribution < -0.4 is 10.1 Å². The minimum atomic E-state index is -0.516. The summed E-state index contributed by atoms with van der Waals surface area (Å²) < 4.78 is 16.3. The van der Waals surface area contributed by atoms with Crippen LogP contribution in [0, 0.1) is 0 Å². The fourth-order valence-corrected chi connectivity index (χ4v) is 2.81. The van der Waals surface area contributed by atoms with Crippen LogP contribution in [0.3, 0.4) is 0 Å². The van der Waals surface area contributed by atoms with Gasteiger partial charge in [0.15, 0.2) is 5.76 Å². The van der Waals surface area contributed by atoms with Gasteiger partial charge in [-0.25, -0.2) is 4.79 Å². The van der Waals surface area contributed by atoms with E-state index in [1.165, 1.54) is 0 Å². The van der Waals surface area contributed by atoms with Gasteiger partial charge in [0, 0.05) is 0 Å². The Kier molecular flexibility index (Phi) is 5.88. The predicted molar refractivity (Wildman–Crippen MR) is 93.6 cm³/mol. The highest BCUT2D eigenvalue weighted by Crippen LogP contribution is 2.37. The second-order valence-electron chi connectivity index (χ2n) is 6.64. The van der Waals surface area contributed by atoms with Crippen LogP contribution in [-0.2, 0) is 4.74 Å². The maximum Gasteiger partial charge on any atom is 0.407 e. The first kappa shape index (κ1) is 18.3. The molecule has 0 saturated carbocycles. The average molecular weight is 352 g/mol. The highest BCUT2D eigenvalue weighted by molar-refractivity contribution is 7.13. The minimum Gasteiger partial charge on any atom is -0.473 e. The molecule has 0 aromatic carbocycles. The SMILES string of the molecule is CC(C)c1c(OCCNC(=O)OC(C)(C)C)noc1-c1cccs1. The fourth-order valence-electron chi connectivity index (χ4n) is 2.10. The Balaban J connectivity index is 1.93. The van der Waals surface area contributed by atoms with E-state index in [9.17, 15) is 4.79 Å². The van der Waals surface area contributed by atoms with Crippen LogP contribution in [0.2, 0.25) is 0 Å². The summed E-state index contributed by atoms with van der Waals surface area (Å²) in [6.45, 7) is 10.2. The second-order valence-corrected chi connectivity index (χ2v) is 7.59. The van der Waals surface area contributed by atoms with Crippen molar-refractivity contribution in [2.24, 2.45) is 0 Å². The van der Waals surface area contributed by atoms with Crippen LogP contribution in [0.5, 0.6) is 5.88 Å². The highest BCUT2D eigenvalue weighted by Gasteiger charge is 2.22. The van der Waals surface area contributed by atoms with E-state index < -0.39 is 11.7 Å². The van der Waals surface area contributed by atoms with Crippen molar-refractivity contribution in [3.05, 3.63) is 23.1 Å². The van der Waals surface area contributed by atoms with E-state index in [0.29, 0.717) is 12.4 Å². The fraction of sp³-hybridized carbons (Fsp3) is 0.529. The third kappa shape index (κ3) is 4.99. The summed E-state index contributed by atoms with van der Waals surface area (Å²) in [4.78, 5) is 12.6. The number of hydrogen-bond acceptors (Lipinski definition) is 6. The molecule has 0 atom stereocenters. The van der Waals surface area contributed by atoms with Crippen molar-refractivity contribution in [3.8, 4) is 16.5 Å². The molecule has 0 bridgehead atoms. The molecule has 0 fully saturated rings. The molecule has 2 aromatic heterocycles. The molecule has 0 unspecified atom stereocenters. The molecule has 2 heterocycles. The number of carbonyl (C=O) groups is 1. The van der Waals surface area contributed by atoms with Gasteiger partial charge in [-0.1, -0.05) is 19.9 Å². The van der Waals surface area contributed by atoms with Gasteiger partial charge in [-0.05, 0) is 43.3 Å². The molecule has 7 heteroatoms. The molecule has 132 valence electrons. The summed E-state index contributed by atoms with van der Waals surface area (Å²) in [7, 11) is 0. The number of hydrogen-bond donors (Lipinski definition) is 1. The van der Waals surface area contributed by atoms with E-state index in [-0.39, 0.29) is 12.5 Å². The molecular formula is C17H24N2O4S. The Bertz CT molecular complexity index is 657. The van der Waals surface area contributed by atoms with Crippen LogP contribution in [-0.4, -0.2) is 30.0 Å². The Morgan fingerprint density at radius 2 is 2.17 bits per heavy atom. The third-order valence-electron chi connectivity index (χ3n) is 3.03. The Morgan fingerprint density at radius 3 is 2.75 bits per heavy atom. The molecule has 0 spiro atoms. The Morgan fingerprint density at radius 1 is 1.42 bits per heavy atom. The maximum atomic E-state index is 11.6. The molecule has 1 amide bonds. The predicted octanol–water partition coefficient (Wildman–Crippen LogP) is 4.43. The average Bonchev–Trinajstić information content (AvgIpc) is 3.10. The van der Waals surface area contributed by atoms with Crippen LogP contribution in [0.1, 0.15) is 46.1 Å². The van der Waals surface area contributed by atoms with Crippen molar-refractivity contribution in [3.63, 3.8) is 0 Å². The lowest BCUT2D eigenvalue weighted by atomic mass is 10.0. The van der Waals surface area contributed by atoms with Gasteiger partial charge in [0.2, 0.25) is 0 Å². The quantitative estimate of drug-likeness (QED) is 0.779. The monoisotopic (exact) mass is 352 g/mol. The van der Waals surface area contributed by atoms with Crippen LogP contribution >= 0.6 is 11.3 Å². The van der Waals surface area contributed by atoms with Crippen molar-refractivity contribution < 1.29 is 18.8 Å². The topological polar surface area (TPSA) is 73.6 Å². The van der Waals surface area contributed by atoms with E-state index >= 15 is 0 Å². The molecule has 2 rings (SSSR count). The number of ether oxygens (including phenoxy) is 2. The zero-order valence-electron chi connectivity index (χ0n) is 14.7. The lowest BCUT2D eigenvalue weighted by Gasteiger charge is -2.19. The van der Waals surface area contributed by atoms with Crippen LogP contribution in [0.15, 0.2) is 22.0 Å². The highest BCUT2D eigenvalue weighted by atomic mass is 32.1. The summed E-state index contributed by atoms with van der Waals surface area (Å²) in [5, 5.41) is 8.68. The van der Waals surface area contributed by atoms with E-state index in [1.807, 2.05) is 38.3 Å². The molecule has 0 saturated heterocycles. The van der Waals surface area contributed by atoms with E-state index in [4.69, 9.17) is 14.0 Å². The van der Waals surface area contributed by atoms with Gasteiger partial charge in [0.05, 0.1) is 17.0 Å². The molecule has 0 aliphatic rings. The van der Waals surface area contributed by atoms with Crippen molar-refractivity contribution in [1.29, 1.82) is 0 Å². The lowest BCUT2D eigenvalue weighted by Crippen LogP contribution is -2.34.